The van der Waals surface area contributed by atoms with E-state index in [0.29, 0.717) is 70.2 Å². The highest BCUT2D eigenvalue weighted by molar-refractivity contribution is 7.99. The van der Waals surface area contributed by atoms with E-state index in [1.54, 1.807) is 17.2 Å². The fraction of sp³-hybridized carbons (Fsp3) is 0.565. The zero-order valence-corrected chi connectivity index (χ0v) is 22.4. The van der Waals surface area contributed by atoms with Crippen LogP contribution in [0, 0.1) is 0 Å². The second-order valence-electron chi connectivity index (χ2n) is 9.35. The number of halogens is 3. The van der Waals surface area contributed by atoms with Gasteiger partial charge in [0.05, 0.1) is 10.8 Å². The van der Waals surface area contributed by atoms with Crippen LogP contribution < -0.4 is 9.62 Å². The van der Waals surface area contributed by atoms with Crippen molar-refractivity contribution >= 4 is 39.3 Å². The average molecular weight is 561 g/mol. The van der Waals surface area contributed by atoms with E-state index in [4.69, 9.17) is 0 Å². The van der Waals surface area contributed by atoms with Gasteiger partial charge in [-0.2, -0.15) is 17.9 Å². The molecule has 1 amide bonds. The summed E-state index contributed by atoms with van der Waals surface area (Å²) < 4.78 is 68.6. The number of nitrogens with zero attached hydrogens (tertiary/aromatic N) is 5. The van der Waals surface area contributed by atoms with Crippen LogP contribution in [0.15, 0.2) is 30.5 Å². The van der Waals surface area contributed by atoms with E-state index >= 15 is 0 Å². The maximum Gasteiger partial charge on any atom is 0.416 e. The molecule has 0 unspecified atom stereocenters. The van der Waals surface area contributed by atoms with Gasteiger partial charge in [-0.15, -0.1) is 5.10 Å². The summed E-state index contributed by atoms with van der Waals surface area (Å²) in [5, 5.41) is 3.75. The highest BCUT2D eigenvalue weighted by Gasteiger charge is 2.33. The highest BCUT2D eigenvalue weighted by atomic mass is 32.2. The lowest BCUT2D eigenvalue weighted by Crippen LogP contribution is -2.49. The van der Waals surface area contributed by atoms with E-state index in [-0.39, 0.29) is 6.03 Å². The molecule has 0 spiro atoms. The van der Waals surface area contributed by atoms with Crippen molar-refractivity contribution in [1.29, 1.82) is 0 Å². The summed E-state index contributed by atoms with van der Waals surface area (Å²) >= 11 is 1.38. The van der Waals surface area contributed by atoms with Crippen molar-refractivity contribution in [1.82, 2.24) is 19.6 Å². The number of sulfone groups is 1. The first-order valence-electron chi connectivity index (χ1n) is 12.0. The zero-order chi connectivity index (χ0) is 26.8. The van der Waals surface area contributed by atoms with Crippen molar-refractivity contribution in [2.24, 2.45) is 0 Å². The molecule has 204 valence electrons. The number of amides is 1. The molecular weight excluding hydrogens is 529 g/mol. The number of anilines is 2. The molecule has 9 nitrogen and oxygen atoms in total. The second-order valence-corrected chi connectivity index (χ2v) is 12.3. The van der Waals surface area contributed by atoms with Crippen LogP contribution in [0.25, 0.3) is 0 Å². The summed E-state index contributed by atoms with van der Waals surface area (Å²) in [4.78, 5) is 18.5. The van der Waals surface area contributed by atoms with Crippen molar-refractivity contribution in [3.05, 3.63) is 41.6 Å². The minimum Gasteiger partial charge on any atom is -0.371 e. The second kappa shape index (κ2) is 11.1. The number of aromatic nitrogens is 2. The van der Waals surface area contributed by atoms with Gasteiger partial charge in [-0.3, -0.25) is 4.90 Å². The monoisotopic (exact) mass is 560 g/mol. The number of piperazine rings is 1. The van der Waals surface area contributed by atoms with Crippen molar-refractivity contribution in [2.75, 3.05) is 61.4 Å². The number of hydrogen-bond donors (Lipinski definition) is 1. The van der Waals surface area contributed by atoms with Gasteiger partial charge in [-0.1, -0.05) is 18.0 Å². The number of carbonyl (C=O) groups excluding carboxylic acids is 1. The number of rotatable bonds is 6. The standard InChI is InChI=1S/C23H31F3N6O3S2/c1-36-28-21-7-10-32(27-21)22(33)31-13-11-29(12-14-31)16-17-3-4-18(23(24,25)26)15-20(17)30-8-5-19(6-9-30)37(2,34)35/h3-4,7,10,15,19H,5-6,8-9,11-14,16H2,1-2H3,(H,27,28). The maximum absolute atomic E-state index is 13.5. The predicted octanol–water partition coefficient (Wildman–Crippen LogP) is 3.39. The lowest BCUT2D eigenvalue weighted by Gasteiger charge is -2.37. The normalized spacial score (nSPS) is 18.3. The van der Waals surface area contributed by atoms with Crippen LogP contribution >= 0.6 is 11.9 Å². The van der Waals surface area contributed by atoms with E-state index in [9.17, 15) is 26.4 Å². The molecule has 2 aliphatic heterocycles. The first kappa shape index (κ1) is 27.6. The molecule has 0 saturated carbocycles. The molecule has 0 radical (unpaired) electrons. The van der Waals surface area contributed by atoms with E-state index in [1.807, 2.05) is 11.2 Å². The number of alkyl halides is 3. The Morgan fingerprint density at radius 1 is 1.11 bits per heavy atom. The van der Waals surface area contributed by atoms with Crippen LogP contribution in [0.5, 0.6) is 0 Å². The third-order valence-electron chi connectivity index (χ3n) is 6.83. The molecule has 1 aromatic heterocycles. The Kier molecular flexibility index (Phi) is 8.29. The topological polar surface area (TPSA) is 90.8 Å². The van der Waals surface area contributed by atoms with E-state index in [2.05, 4.69) is 14.7 Å². The van der Waals surface area contributed by atoms with Crippen molar-refractivity contribution in [2.45, 2.75) is 30.8 Å². The molecule has 0 atom stereocenters. The quantitative estimate of drug-likeness (QED) is 0.538. The highest BCUT2D eigenvalue weighted by Crippen LogP contribution is 2.35. The number of benzene rings is 1. The van der Waals surface area contributed by atoms with Gasteiger partial charge >= 0.3 is 12.2 Å². The third kappa shape index (κ3) is 6.71. The maximum atomic E-state index is 13.5. The molecule has 2 saturated heterocycles. The molecule has 2 aromatic rings. The zero-order valence-electron chi connectivity index (χ0n) is 20.7. The Labute approximate surface area is 219 Å². The molecular formula is C23H31F3N6O3S2. The van der Waals surface area contributed by atoms with Gasteiger partial charge in [0.15, 0.2) is 5.82 Å². The van der Waals surface area contributed by atoms with E-state index < -0.39 is 26.8 Å². The van der Waals surface area contributed by atoms with Gasteiger partial charge in [0.1, 0.15) is 9.84 Å². The van der Waals surface area contributed by atoms with Crippen LogP contribution in [-0.2, 0) is 22.6 Å². The molecule has 0 aliphatic carbocycles. The number of nitrogens with one attached hydrogen (secondary N) is 1. The lowest BCUT2D eigenvalue weighted by atomic mass is 10.0. The van der Waals surface area contributed by atoms with Gasteiger partial charge in [0, 0.05) is 76.3 Å². The Bertz CT molecular complexity index is 1200. The number of carbonyl (C=O) groups is 1. The van der Waals surface area contributed by atoms with Crippen LogP contribution in [0.4, 0.5) is 29.5 Å². The summed E-state index contributed by atoms with van der Waals surface area (Å²) in [6, 6.07) is 5.28. The van der Waals surface area contributed by atoms with Crippen LogP contribution in [-0.4, -0.2) is 91.1 Å². The number of piperidine rings is 1. The van der Waals surface area contributed by atoms with Gasteiger partial charge in [0.25, 0.3) is 0 Å². The molecule has 37 heavy (non-hydrogen) atoms. The van der Waals surface area contributed by atoms with Gasteiger partial charge in [-0.05, 0) is 30.5 Å². The van der Waals surface area contributed by atoms with Crippen molar-refractivity contribution in [3.63, 3.8) is 0 Å². The summed E-state index contributed by atoms with van der Waals surface area (Å²) in [5.74, 6) is 0.592. The molecule has 3 heterocycles. The third-order valence-corrected chi connectivity index (χ3v) is 8.92. The molecule has 1 N–H and O–H groups in total. The summed E-state index contributed by atoms with van der Waals surface area (Å²) in [6.45, 7) is 3.28. The first-order chi connectivity index (χ1) is 17.5. The Morgan fingerprint density at radius 3 is 2.38 bits per heavy atom. The van der Waals surface area contributed by atoms with E-state index in [0.717, 1.165) is 11.6 Å². The fourth-order valence-electron chi connectivity index (χ4n) is 4.77. The molecule has 4 rings (SSSR count). The Hall–Kier alpha value is -2.45. The van der Waals surface area contributed by atoms with Crippen molar-refractivity contribution in [3.8, 4) is 0 Å². The van der Waals surface area contributed by atoms with Crippen LogP contribution in [0.2, 0.25) is 0 Å². The Balaban J connectivity index is 1.43. The predicted molar refractivity (Wildman–Crippen MR) is 139 cm³/mol. The first-order valence-corrected chi connectivity index (χ1v) is 15.1. The summed E-state index contributed by atoms with van der Waals surface area (Å²) in [7, 11) is -3.19. The smallest absolute Gasteiger partial charge is 0.371 e. The van der Waals surface area contributed by atoms with Crippen LogP contribution in [0.3, 0.4) is 0 Å². The SMILES string of the molecule is CSNc1ccn(C(=O)N2CCN(Cc3ccc(C(F)(F)F)cc3N3CCC(S(C)(=O)=O)CC3)CC2)n1. The Morgan fingerprint density at radius 2 is 1.78 bits per heavy atom. The van der Waals surface area contributed by atoms with Gasteiger partial charge < -0.3 is 14.5 Å². The molecule has 2 fully saturated rings. The average Bonchev–Trinajstić information content (AvgIpc) is 3.32. The molecule has 14 heteroatoms. The summed E-state index contributed by atoms with van der Waals surface area (Å²) in [6.07, 6.45) is 0.976. The lowest BCUT2D eigenvalue weighted by molar-refractivity contribution is -0.137. The van der Waals surface area contributed by atoms with E-state index in [1.165, 1.54) is 35.0 Å². The number of hydrogen-bond acceptors (Lipinski definition) is 8. The molecule has 0 bridgehead atoms. The minimum absolute atomic E-state index is 0.224. The van der Waals surface area contributed by atoms with Crippen LogP contribution in [0.1, 0.15) is 24.0 Å². The van der Waals surface area contributed by atoms with Gasteiger partial charge in [0.2, 0.25) is 0 Å². The minimum atomic E-state index is -4.47. The van der Waals surface area contributed by atoms with Gasteiger partial charge in [-0.25, -0.2) is 13.2 Å². The summed E-state index contributed by atoms with van der Waals surface area (Å²) in [5.41, 5.74) is 0.526. The van der Waals surface area contributed by atoms with Crippen molar-refractivity contribution < 1.29 is 26.4 Å². The molecule has 2 aliphatic rings. The molecule has 1 aromatic carbocycles. The largest absolute Gasteiger partial charge is 0.416 e. The fourth-order valence-corrected chi connectivity index (χ4v) is 6.15.